The van der Waals surface area contributed by atoms with Crippen LogP contribution in [0, 0.1) is 11.8 Å². The van der Waals surface area contributed by atoms with Crippen molar-refractivity contribution >= 4 is 11.6 Å². The first-order valence-electron chi connectivity index (χ1n) is 8.41. The highest BCUT2D eigenvalue weighted by Crippen LogP contribution is 2.40. The zero-order valence-electron chi connectivity index (χ0n) is 13.9. The van der Waals surface area contributed by atoms with E-state index in [-0.39, 0.29) is 29.3 Å². The predicted octanol–water partition coefficient (Wildman–Crippen LogP) is 2.70. The number of carbonyl (C=O) groups is 1. The Labute approximate surface area is 148 Å². The summed E-state index contributed by atoms with van der Waals surface area (Å²) in [5, 5.41) is 0. The van der Waals surface area contributed by atoms with Crippen LogP contribution in [-0.4, -0.2) is 47.0 Å². The van der Waals surface area contributed by atoms with E-state index in [0.717, 1.165) is 6.07 Å². The molecule has 2 fully saturated rings. The van der Waals surface area contributed by atoms with Crippen molar-refractivity contribution in [3.8, 4) is 0 Å². The third-order valence-corrected chi connectivity index (χ3v) is 5.08. The average molecular weight is 362 g/mol. The van der Waals surface area contributed by atoms with Crippen LogP contribution in [0.2, 0.25) is 0 Å². The Bertz CT molecular complexity index is 798. The summed E-state index contributed by atoms with van der Waals surface area (Å²) in [6.07, 6.45) is -1.33. The van der Waals surface area contributed by atoms with E-state index in [4.69, 9.17) is 0 Å². The number of rotatable bonds is 2. The molecule has 0 bridgehead atoms. The first-order chi connectivity index (χ1) is 12.4. The molecule has 0 radical (unpaired) electrons. The molecular formula is C18H17F3N4O. The summed E-state index contributed by atoms with van der Waals surface area (Å²) >= 11 is 0. The summed E-state index contributed by atoms with van der Waals surface area (Å²) in [4.78, 5) is 23.9. The molecule has 2 aliphatic rings. The highest BCUT2D eigenvalue weighted by atomic mass is 19.4. The van der Waals surface area contributed by atoms with Gasteiger partial charge in [0.2, 0.25) is 5.82 Å². The van der Waals surface area contributed by atoms with Crippen LogP contribution in [-0.2, 0) is 6.18 Å². The lowest BCUT2D eigenvalue weighted by Crippen LogP contribution is -2.34. The van der Waals surface area contributed by atoms with Gasteiger partial charge in [-0.2, -0.15) is 13.2 Å². The van der Waals surface area contributed by atoms with E-state index in [1.807, 2.05) is 0 Å². The Kier molecular flexibility index (Phi) is 4.05. The van der Waals surface area contributed by atoms with Crippen LogP contribution in [0.1, 0.15) is 16.2 Å². The Morgan fingerprint density at radius 2 is 1.58 bits per heavy atom. The molecule has 26 heavy (non-hydrogen) atoms. The number of para-hydroxylation sites is 1. The molecule has 136 valence electrons. The molecule has 2 aromatic rings. The van der Waals surface area contributed by atoms with E-state index in [1.165, 1.54) is 24.5 Å². The largest absolute Gasteiger partial charge is 0.418 e. The second-order valence-corrected chi connectivity index (χ2v) is 6.72. The van der Waals surface area contributed by atoms with Crippen molar-refractivity contribution in [1.29, 1.82) is 0 Å². The van der Waals surface area contributed by atoms with E-state index in [9.17, 15) is 18.0 Å². The van der Waals surface area contributed by atoms with Gasteiger partial charge in [-0.15, -0.1) is 0 Å². The average Bonchev–Trinajstić information content (AvgIpc) is 3.20. The van der Waals surface area contributed by atoms with Gasteiger partial charge >= 0.3 is 6.18 Å². The van der Waals surface area contributed by atoms with Crippen LogP contribution in [0.4, 0.5) is 18.9 Å². The SMILES string of the molecule is O=C(c1ncccn1)N1CC2CN(c3ccccc3C(F)(F)F)CC2C1. The summed E-state index contributed by atoms with van der Waals surface area (Å²) in [6, 6.07) is 7.31. The third kappa shape index (κ3) is 3.00. The van der Waals surface area contributed by atoms with Crippen LogP contribution >= 0.6 is 0 Å². The van der Waals surface area contributed by atoms with Crippen molar-refractivity contribution < 1.29 is 18.0 Å². The molecule has 1 aromatic carbocycles. The lowest BCUT2D eigenvalue weighted by molar-refractivity contribution is -0.137. The molecule has 4 rings (SSSR count). The van der Waals surface area contributed by atoms with Crippen molar-refractivity contribution in [2.75, 3.05) is 31.1 Å². The van der Waals surface area contributed by atoms with E-state index >= 15 is 0 Å². The number of nitrogens with zero attached hydrogens (tertiary/aromatic N) is 4. The van der Waals surface area contributed by atoms with Gasteiger partial charge in [0.1, 0.15) is 0 Å². The van der Waals surface area contributed by atoms with Gasteiger partial charge in [-0.05, 0) is 18.2 Å². The molecule has 2 aliphatic heterocycles. The van der Waals surface area contributed by atoms with E-state index in [1.54, 1.807) is 21.9 Å². The summed E-state index contributed by atoms with van der Waals surface area (Å²) in [6.45, 7) is 2.06. The van der Waals surface area contributed by atoms with Gasteiger partial charge in [-0.3, -0.25) is 4.79 Å². The minimum absolute atomic E-state index is 0.156. The monoisotopic (exact) mass is 362 g/mol. The van der Waals surface area contributed by atoms with Crippen molar-refractivity contribution in [2.45, 2.75) is 6.18 Å². The number of hydrogen-bond acceptors (Lipinski definition) is 4. The molecule has 0 saturated carbocycles. The number of alkyl halides is 3. The first-order valence-corrected chi connectivity index (χ1v) is 8.41. The Morgan fingerprint density at radius 3 is 2.19 bits per heavy atom. The maximum absolute atomic E-state index is 13.3. The summed E-state index contributed by atoms with van der Waals surface area (Å²) < 4.78 is 39.8. The number of anilines is 1. The predicted molar refractivity (Wildman–Crippen MR) is 88.6 cm³/mol. The number of hydrogen-bond donors (Lipinski definition) is 0. The fraction of sp³-hybridized carbons (Fsp3) is 0.389. The van der Waals surface area contributed by atoms with Gasteiger partial charge in [0.05, 0.1) is 5.56 Å². The Morgan fingerprint density at radius 1 is 0.962 bits per heavy atom. The lowest BCUT2D eigenvalue weighted by atomic mass is 10.0. The molecule has 2 unspecified atom stereocenters. The van der Waals surface area contributed by atoms with Crippen LogP contribution < -0.4 is 4.90 Å². The second kappa shape index (κ2) is 6.26. The zero-order valence-corrected chi connectivity index (χ0v) is 13.9. The third-order valence-electron chi connectivity index (χ3n) is 5.08. The normalized spacial score (nSPS) is 22.6. The van der Waals surface area contributed by atoms with Gasteiger partial charge in [-0.1, -0.05) is 12.1 Å². The van der Waals surface area contributed by atoms with E-state index < -0.39 is 11.7 Å². The van der Waals surface area contributed by atoms with Gasteiger partial charge in [0.25, 0.3) is 5.91 Å². The highest BCUT2D eigenvalue weighted by Gasteiger charge is 2.44. The molecule has 2 atom stereocenters. The number of halogens is 3. The van der Waals surface area contributed by atoms with Crippen LogP contribution in [0.5, 0.6) is 0 Å². The molecule has 2 saturated heterocycles. The molecule has 0 N–H and O–H groups in total. The van der Waals surface area contributed by atoms with Crippen molar-refractivity contribution in [1.82, 2.24) is 14.9 Å². The molecule has 0 aliphatic carbocycles. The van der Waals surface area contributed by atoms with Gasteiger partial charge in [-0.25, -0.2) is 9.97 Å². The van der Waals surface area contributed by atoms with Crippen LogP contribution in [0.3, 0.4) is 0 Å². The first kappa shape index (κ1) is 16.8. The number of likely N-dealkylation sites (tertiary alicyclic amines) is 1. The topological polar surface area (TPSA) is 49.3 Å². The maximum Gasteiger partial charge on any atom is 0.418 e. The van der Waals surface area contributed by atoms with Gasteiger partial charge in [0, 0.05) is 56.1 Å². The van der Waals surface area contributed by atoms with Crippen molar-refractivity contribution in [2.24, 2.45) is 11.8 Å². The Balaban J connectivity index is 1.47. The highest BCUT2D eigenvalue weighted by molar-refractivity contribution is 5.90. The molecule has 8 heteroatoms. The maximum atomic E-state index is 13.3. The summed E-state index contributed by atoms with van der Waals surface area (Å²) in [5.41, 5.74) is -0.385. The molecular weight excluding hydrogens is 345 g/mol. The summed E-state index contributed by atoms with van der Waals surface area (Å²) in [7, 11) is 0. The molecule has 0 spiro atoms. The van der Waals surface area contributed by atoms with Crippen LogP contribution in [0.15, 0.2) is 42.7 Å². The Hall–Kier alpha value is -2.64. The minimum Gasteiger partial charge on any atom is -0.370 e. The van der Waals surface area contributed by atoms with Crippen molar-refractivity contribution in [3.63, 3.8) is 0 Å². The quantitative estimate of drug-likeness (QED) is 0.824. The second-order valence-electron chi connectivity index (χ2n) is 6.72. The number of amides is 1. The fourth-order valence-corrected chi connectivity index (χ4v) is 3.90. The summed E-state index contributed by atoms with van der Waals surface area (Å²) in [5.74, 6) is 0.252. The van der Waals surface area contributed by atoms with Gasteiger partial charge in [0.15, 0.2) is 0 Å². The number of benzene rings is 1. The zero-order chi connectivity index (χ0) is 18.3. The minimum atomic E-state index is -4.37. The molecule has 3 heterocycles. The van der Waals surface area contributed by atoms with E-state index in [2.05, 4.69) is 9.97 Å². The number of carbonyl (C=O) groups excluding carboxylic acids is 1. The van der Waals surface area contributed by atoms with Crippen LogP contribution in [0.25, 0.3) is 0 Å². The molecule has 1 amide bonds. The number of aromatic nitrogens is 2. The molecule has 1 aromatic heterocycles. The lowest BCUT2D eigenvalue weighted by Gasteiger charge is -2.25. The van der Waals surface area contributed by atoms with Gasteiger partial charge < -0.3 is 9.80 Å². The van der Waals surface area contributed by atoms with E-state index in [0.29, 0.717) is 26.2 Å². The number of fused-ring (bicyclic) bond motifs is 1. The molecule has 5 nitrogen and oxygen atoms in total. The standard InChI is InChI=1S/C18H17F3N4O/c19-18(20,21)14-4-1-2-5-15(14)24-8-12-10-25(11-13(12)9-24)17(26)16-22-6-3-7-23-16/h1-7,12-13H,8-11H2. The fourth-order valence-electron chi connectivity index (χ4n) is 3.90. The van der Waals surface area contributed by atoms with Crippen molar-refractivity contribution in [3.05, 3.63) is 54.1 Å². The smallest absolute Gasteiger partial charge is 0.370 e.